The standard InChI is InChI=1S/C17H25ClN2O/c1-17(2,14-4-6-15(18)7-5-14)16(21)20-10-8-13(9-11-20)12-19-3/h4-7,13,19H,8-12H2,1-3H3. The largest absolute Gasteiger partial charge is 0.342 e. The SMILES string of the molecule is CNCC1CCN(C(=O)C(C)(C)c2ccc(Cl)cc2)CC1. The molecule has 0 spiro atoms. The summed E-state index contributed by atoms with van der Waals surface area (Å²) in [7, 11) is 1.99. The lowest BCUT2D eigenvalue weighted by molar-refractivity contribution is -0.137. The highest BCUT2D eigenvalue weighted by molar-refractivity contribution is 6.30. The van der Waals surface area contributed by atoms with Crippen molar-refractivity contribution < 1.29 is 4.79 Å². The van der Waals surface area contributed by atoms with E-state index in [4.69, 9.17) is 11.6 Å². The summed E-state index contributed by atoms with van der Waals surface area (Å²) in [5.74, 6) is 0.908. The van der Waals surface area contributed by atoms with Gasteiger partial charge in [-0.25, -0.2) is 0 Å². The fourth-order valence-electron chi connectivity index (χ4n) is 3.01. The minimum absolute atomic E-state index is 0.215. The first-order valence-electron chi connectivity index (χ1n) is 7.65. The topological polar surface area (TPSA) is 32.3 Å². The van der Waals surface area contributed by atoms with Gasteiger partial charge in [-0.1, -0.05) is 23.7 Å². The number of halogens is 1. The second-order valence-corrected chi connectivity index (χ2v) is 6.86. The quantitative estimate of drug-likeness (QED) is 0.927. The second kappa shape index (κ2) is 6.80. The highest BCUT2D eigenvalue weighted by atomic mass is 35.5. The zero-order valence-corrected chi connectivity index (χ0v) is 13.9. The minimum atomic E-state index is -0.500. The van der Waals surface area contributed by atoms with Gasteiger partial charge in [-0.2, -0.15) is 0 Å². The molecule has 1 aliphatic heterocycles. The van der Waals surface area contributed by atoms with Crippen molar-refractivity contribution in [3.05, 3.63) is 34.9 Å². The minimum Gasteiger partial charge on any atom is -0.342 e. The molecule has 1 amide bonds. The predicted octanol–water partition coefficient (Wildman–Crippen LogP) is 3.08. The van der Waals surface area contributed by atoms with Crippen LogP contribution in [0, 0.1) is 5.92 Å². The summed E-state index contributed by atoms with van der Waals surface area (Å²) >= 11 is 5.93. The number of hydrogen-bond acceptors (Lipinski definition) is 2. The maximum absolute atomic E-state index is 12.8. The highest BCUT2D eigenvalue weighted by Gasteiger charge is 2.35. The number of likely N-dealkylation sites (tertiary alicyclic amines) is 1. The Labute approximate surface area is 132 Å². The molecule has 0 aliphatic carbocycles. The van der Waals surface area contributed by atoms with Crippen molar-refractivity contribution in [2.75, 3.05) is 26.7 Å². The summed E-state index contributed by atoms with van der Waals surface area (Å²) in [5, 5.41) is 3.93. The van der Waals surface area contributed by atoms with Crippen LogP contribution < -0.4 is 5.32 Å². The number of piperidine rings is 1. The van der Waals surface area contributed by atoms with Gasteiger partial charge in [0.15, 0.2) is 0 Å². The predicted molar refractivity (Wildman–Crippen MR) is 87.7 cm³/mol. The Hall–Kier alpha value is -1.06. The molecule has 4 heteroatoms. The molecule has 0 unspecified atom stereocenters. The van der Waals surface area contributed by atoms with Crippen molar-refractivity contribution in [2.45, 2.75) is 32.1 Å². The third-order valence-corrected chi connectivity index (χ3v) is 4.75. The number of rotatable bonds is 4. The number of hydrogen-bond donors (Lipinski definition) is 1. The van der Waals surface area contributed by atoms with Gasteiger partial charge in [-0.15, -0.1) is 0 Å². The Morgan fingerprint density at radius 3 is 2.38 bits per heavy atom. The van der Waals surface area contributed by atoms with E-state index < -0.39 is 5.41 Å². The Balaban J connectivity index is 2.03. The van der Waals surface area contributed by atoms with E-state index in [9.17, 15) is 4.79 Å². The van der Waals surface area contributed by atoms with Crippen molar-refractivity contribution >= 4 is 17.5 Å². The zero-order chi connectivity index (χ0) is 15.5. The highest BCUT2D eigenvalue weighted by Crippen LogP contribution is 2.29. The molecule has 0 saturated carbocycles. The van der Waals surface area contributed by atoms with Crippen LogP contribution in [0.2, 0.25) is 5.02 Å². The summed E-state index contributed by atoms with van der Waals surface area (Å²) in [6.07, 6.45) is 2.17. The molecule has 2 rings (SSSR count). The lowest BCUT2D eigenvalue weighted by atomic mass is 9.82. The molecule has 1 saturated heterocycles. The normalized spacial score (nSPS) is 17.0. The van der Waals surface area contributed by atoms with E-state index in [1.807, 2.05) is 50.1 Å². The summed E-state index contributed by atoms with van der Waals surface area (Å²) in [4.78, 5) is 14.9. The van der Waals surface area contributed by atoms with E-state index in [-0.39, 0.29) is 5.91 Å². The summed E-state index contributed by atoms with van der Waals surface area (Å²) < 4.78 is 0. The average Bonchev–Trinajstić information content (AvgIpc) is 2.48. The third kappa shape index (κ3) is 3.78. The molecule has 116 valence electrons. The molecular weight excluding hydrogens is 284 g/mol. The first-order valence-corrected chi connectivity index (χ1v) is 8.03. The smallest absolute Gasteiger partial charge is 0.232 e. The monoisotopic (exact) mass is 308 g/mol. The van der Waals surface area contributed by atoms with Crippen molar-refractivity contribution in [2.24, 2.45) is 5.92 Å². The molecule has 1 aliphatic rings. The zero-order valence-electron chi connectivity index (χ0n) is 13.2. The molecule has 0 bridgehead atoms. The van der Waals surface area contributed by atoms with E-state index in [1.165, 1.54) is 0 Å². The van der Waals surface area contributed by atoms with Crippen LogP contribution in [0.15, 0.2) is 24.3 Å². The van der Waals surface area contributed by atoms with Crippen molar-refractivity contribution in [3.8, 4) is 0 Å². The first kappa shape index (κ1) is 16.3. The van der Waals surface area contributed by atoms with Crippen LogP contribution in [-0.2, 0) is 10.2 Å². The summed E-state index contributed by atoms with van der Waals surface area (Å²) in [6.45, 7) is 6.77. The molecule has 1 fully saturated rings. The van der Waals surface area contributed by atoms with Gasteiger partial charge in [-0.05, 0) is 63.9 Å². The van der Waals surface area contributed by atoms with Crippen LogP contribution in [0.25, 0.3) is 0 Å². The van der Waals surface area contributed by atoms with Gasteiger partial charge in [0.1, 0.15) is 0 Å². The second-order valence-electron chi connectivity index (χ2n) is 6.43. The number of amides is 1. The fraction of sp³-hybridized carbons (Fsp3) is 0.588. The van der Waals surface area contributed by atoms with Gasteiger partial charge >= 0.3 is 0 Å². The van der Waals surface area contributed by atoms with E-state index >= 15 is 0 Å². The maximum Gasteiger partial charge on any atom is 0.232 e. The maximum atomic E-state index is 12.8. The van der Waals surface area contributed by atoms with E-state index in [0.29, 0.717) is 10.9 Å². The summed E-state index contributed by atoms with van der Waals surface area (Å²) in [5.41, 5.74) is 0.523. The molecule has 1 heterocycles. The number of nitrogens with one attached hydrogen (secondary N) is 1. The molecule has 1 aromatic carbocycles. The molecule has 1 aromatic rings. The van der Waals surface area contributed by atoms with Gasteiger partial charge < -0.3 is 10.2 Å². The first-order chi connectivity index (χ1) is 9.95. The Morgan fingerprint density at radius 2 is 1.86 bits per heavy atom. The van der Waals surface area contributed by atoms with E-state index in [1.54, 1.807) is 0 Å². The van der Waals surface area contributed by atoms with E-state index in [0.717, 1.165) is 38.0 Å². The lowest BCUT2D eigenvalue weighted by Gasteiger charge is -2.37. The fourth-order valence-corrected chi connectivity index (χ4v) is 3.14. The molecule has 21 heavy (non-hydrogen) atoms. The number of carbonyl (C=O) groups excluding carboxylic acids is 1. The average molecular weight is 309 g/mol. The van der Waals surface area contributed by atoms with Crippen LogP contribution in [0.5, 0.6) is 0 Å². The number of carbonyl (C=O) groups is 1. The molecule has 1 N–H and O–H groups in total. The number of nitrogens with zero attached hydrogens (tertiary/aromatic N) is 1. The molecular formula is C17H25ClN2O. The van der Waals surface area contributed by atoms with Crippen LogP contribution >= 0.6 is 11.6 Å². The summed E-state index contributed by atoms with van der Waals surface area (Å²) in [6, 6.07) is 7.61. The molecule has 0 aromatic heterocycles. The van der Waals surface area contributed by atoms with Gasteiger partial charge in [0, 0.05) is 18.1 Å². The number of benzene rings is 1. The van der Waals surface area contributed by atoms with Gasteiger partial charge in [0.2, 0.25) is 5.91 Å². The Bertz CT molecular complexity index is 476. The molecule has 0 atom stereocenters. The van der Waals surface area contributed by atoms with Crippen LogP contribution in [0.1, 0.15) is 32.3 Å². The molecule has 0 radical (unpaired) electrons. The van der Waals surface area contributed by atoms with E-state index in [2.05, 4.69) is 5.32 Å². The van der Waals surface area contributed by atoms with Crippen LogP contribution in [0.3, 0.4) is 0 Å². The third-order valence-electron chi connectivity index (χ3n) is 4.50. The van der Waals surface area contributed by atoms with Gasteiger partial charge in [0.25, 0.3) is 0 Å². The van der Waals surface area contributed by atoms with Crippen molar-refractivity contribution in [3.63, 3.8) is 0 Å². The van der Waals surface area contributed by atoms with Crippen molar-refractivity contribution in [1.29, 1.82) is 0 Å². The Kier molecular flexibility index (Phi) is 5.28. The lowest BCUT2D eigenvalue weighted by Crippen LogP contribution is -2.47. The van der Waals surface area contributed by atoms with Gasteiger partial charge in [0.05, 0.1) is 5.41 Å². The van der Waals surface area contributed by atoms with Crippen LogP contribution in [0.4, 0.5) is 0 Å². The Morgan fingerprint density at radius 1 is 1.29 bits per heavy atom. The van der Waals surface area contributed by atoms with Crippen molar-refractivity contribution in [1.82, 2.24) is 10.2 Å². The van der Waals surface area contributed by atoms with Crippen LogP contribution in [-0.4, -0.2) is 37.5 Å². The van der Waals surface area contributed by atoms with Gasteiger partial charge in [-0.3, -0.25) is 4.79 Å². The molecule has 3 nitrogen and oxygen atoms in total.